The molecule has 0 spiro atoms. The first-order valence-electron chi connectivity index (χ1n) is 4.39. The normalized spacial score (nSPS) is 17.9. The third kappa shape index (κ3) is 1.31. The van der Waals surface area contributed by atoms with Crippen molar-refractivity contribution in [2.45, 2.75) is 25.7 Å². The van der Waals surface area contributed by atoms with E-state index in [2.05, 4.69) is 4.98 Å². The van der Waals surface area contributed by atoms with Crippen LogP contribution in [0.5, 0.6) is 0 Å². The Morgan fingerprint density at radius 3 is 2.93 bits per heavy atom. The van der Waals surface area contributed by atoms with Gasteiger partial charge in [-0.25, -0.2) is 8.78 Å². The Balaban J connectivity index is 2.53. The average Bonchev–Trinajstić information content (AvgIpc) is 2.42. The van der Waals surface area contributed by atoms with E-state index in [1.165, 1.54) is 19.2 Å². The van der Waals surface area contributed by atoms with Crippen LogP contribution in [0.15, 0.2) is 12.3 Å². The van der Waals surface area contributed by atoms with Crippen LogP contribution in [0, 0.1) is 0 Å². The smallest absolute Gasteiger partial charge is 0.275 e. The molecule has 1 aliphatic carbocycles. The van der Waals surface area contributed by atoms with Crippen molar-refractivity contribution in [1.29, 1.82) is 0 Å². The Morgan fingerprint density at radius 2 is 2.29 bits per heavy atom. The summed E-state index contributed by atoms with van der Waals surface area (Å²) in [6, 6.07) is 1.26. The van der Waals surface area contributed by atoms with Crippen molar-refractivity contribution in [2.24, 2.45) is 0 Å². The summed E-state index contributed by atoms with van der Waals surface area (Å²) in [6.45, 7) is 1.34. The van der Waals surface area contributed by atoms with Crippen LogP contribution in [0.3, 0.4) is 0 Å². The van der Waals surface area contributed by atoms with Gasteiger partial charge in [-0.3, -0.25) is 9.78 Å². The van der Waals surface area contributed by atoms with E-state index in [0.29, 0.717) is 12.1 Å². The maximum Gasteiger partial charge on any atom is 0.275 e. The molecule has 0 atom stereocenters. The highest BCUT2D eigenvalue weighted by molar-refractivity contribution is 5.94. The lowest BCUT2D eigenvalue weighted by Crippen LogP contribution is -2.09. The van der Waals surface area contributed by atoms with E-state index in [4.69, 9.17) is 0 Å². The number of nitrogens with zero attached hydrogens (tertiary/aromatic N) is 1. The molecule has 0 bridgehead atoms. The van der Waals surface area contributed by atoms with Crippen LogP contribution in [-0.2, 0) is 12.3 Å². The molecule has 2 rings (SSSR count). The summed E-state index contributed by atoms with van der Waals surface area (Å²) >= 11 is 0. The molecular formula is C10H9F2NO. The number of pyridine rings is 1. The van der Waals surface area contributed by atoms with E-state index < -0.39 is 5.92 Å². The molecule has 1 aliphatic rings. The molecule has 0 saturated heterocycles. The highest BCUT2D eigenvalue weighted by Gasteiger charge is 2.40. The second kappa shape index (κ2) is 2.83. The topological polar surface area (TPSA) is 30.0 Å². The Labute approximate surface area is 80.0 Å². The van der Waals surface area contributed by atoms with Gasteiger partial charge in [-0.1, -0.05) is 0 Å². The van der Waals surface area contributed by atoms with Gasteiger partial charge in [0.05, 0.1) is 0 Å². The third-order valence-corrected chi connectivity index (χ3v) is 2.45. The molecule has 1 heterocycles. The van der Waals surface area contributed by atoms with Gasteiger partial charge in [0.15, 0.2) is 5.78 Å². The molecule has 0 N–H and O–H groups in total. The van der Waals surface area contributed by atoms with Gasteiger partial charge < -0.3 is 0 Å². The summed E-state index contributed by atoms with van der Waals surface area (Å²) < 4.78 is 26.5. The first kappa shape index (κ1) is 9.24. The van der Waals surface area contributed by atoms with Gasteiger partial charge in [0.25, 0.3) is 5.92 Å². The van der Waals surface area contributed by atoms with Gasteiger partial charge >= 0.3 is 0 Å². The predicted molar refractivity (Wildman–Crippen MR) is 46.5 cm³/mol. The molecule has 0 saturated carbocycles. The largest absolute Gasteiger partial charge is 0.294 e. The van der Waals surface area contributed by atoms with Crippen molar-refractivity contribution in [3.63, 3.8) is 0 Å². The standard InChI is InChI=1S/C10H9F2NO/c1-6(14)7-4-8-9(13-5-7)2-3-10(8,11)12/h4-5H,2-3H2,1H3. The average molecular weight is 197 g/mol. The van der Waals surface area contributed by atoms with E-state index >= 15 is 0 Å². The number of carbonyl (C=O) groups excluding carboxylic acids is 1. The lowest BCUT2D eigenvalue weighted by atomic mass is 10.1. The fourth-order valence-corrected chi connectivity index (χ4v) is 1.61. The predicted octanol–water partition coefficient (Wildman–Crippen LogP) is 2.32. The van der Waals surface area contributed by atoms with Crippen molar-refractivity contribution < 1.29 is 13.6 Å². The molecule has 0 unspecified atom stereocenters. The molecule has 0 fully saturated rings. The monoisotopic (exact) mass is 197 g/mol. The molecule has 0 aliphatic heterocycles. The van der Waals surface area contributed by atoms with Crippen LogP contribution in [-0.4, -0.2) is 10.8 Å². The number of hydrogen-bond acceptors (Lipinski definition) is 2. The molecule has 0 aromatic carbocycles. The molecule has 0 amide bonds. The highest BCUT2D eigenvalue weighted by Crippen LogP contribution is 2.40. The summed E-state index contributed by atoms with van der Waals surface area (Å²) in [5, 5.41) is 0. The number of aryl methyl sites for hydroxylation is 1. The van der Waals surface area contributed by atoms with E-state index in [1.54, 1.807) is 0 Å². The maximum atomic E-state index is 13.2. The molecule has 0 radical (unpaired) electrons. The quantitative estimate of drug-likeness (QED) is 0.646. The zero-order valence-corrected chi connectivity index (χ0v) is 7.68. The number of alkyl halides is 2. The minimum atomic E-state index is -2.81. The highest BCUT2D eigenvalue weighted by atomic mass is 19.3. The fraction of sp³-hybridized carbons (Fsp3) is 0.400. The van der Waals surface area contributed by atoms with E-state index in [0.717, 1.165) is 0 Å². The second-order valence-electron chi connectivity index (χ2n) is 3.48. The molecular weight excluding hydrogens is 188 g/mol. The first-order valence-corrected chi connectivity index (χ1v) is 4.39. The van der Waals surface area contributed by atoms with Crippen molar-refractivity contribution in [3.8, 4) is 0 Å². The molecule has 14 heavy (non-hydrogen) atoms. The SMILES string of the molecule is CC(=O)c1cnc2c(c1)C(F)(F)CC2. The summed E-state index contributed by atoms with van der Waals surface area (Å²) in [5.74, 6) is -3.05. The van der Waals surface area contributed by atoms with Gasteiger partial charge in [-0.15, -0.1) is 0 Å². The summed E-state index contributed by atoms with van der Waals surface area (Å²) in [7, 11) is 0. The zero-order chi connectivity index (χ0) is 10.3. The summed E-state index contributed by atoms with van der Waals surface area (Å²) in [4.78, 5) is 14.8. The molecule has 1 aromatic rings. The van der Waals surface area contributed by atoms with Crippen molar-refractivity contribution >= 4 is 5.78 Å². The molecule has 4 heteroatoms. The second-order valence-corrected chi connectivity index (χ2v) is 3.48. The van der Waals surface area contributed by atoms with Gasteiger partial charge in [0.1, 0.15) is 0 Å². The van der Waals surface area contributed by atoms with Crippen LogP contribution >= 0.6 is 0 Å². The number of rotatable bonds is 1. The van der Waals surface area contributed by atoms with Crippen molar-refractivity contribution in [1.82, 2.24) is 4.98 Å². The third-order valence-electron chi connectivity index (χ3n) is 2.45. The zero-order valence-electron chi connectivity index (χ0n) is 7.68. The molecule has 1 aromatic heterocycles. The Kier molecular flexibility index (Phi) is 1.87. The Hall–Kier alpha value is -1.32. The van der Waals surface area contributed by atoms with E-state index in [-0.39, 0.29) is 23.3 Å². The minimum absolute atomic E-state index is 0.0785. The Bertz CT molecular complexity index is 401. The number of hydrogen-bond donors (Lipinski definition) is 0. The number of Topliss-reactive ketones (excluding diaryl/α,β-unsaturated/α-hetero) is 1. The lowest BCUT2D eigenvalue weighted by molar-refractivity contribution is -0.00189. The number of fused-ring (bicyclic) bond motifs is 1. The van der Waals surface area contributed by atoms with Crippen LogP contribution in [0.1, 0.15) is 35.0 Å². The van der Waals surface area contributed by atoms with Crippen LogP contribution in [0.25, 0.3) is 0 Å². The number of halogens is 2. The Morgan fingerprint density at radius 1 is 1.57 bits per heavy atom. The number of ketones is 1. The minimum Gasteiger partial charge on any atom is -0.294 e. The summed E-state index contributed by atoms with van der Waals surface area (Å²) in [6.07, 6.45) is 1.46. The maximum absolute atomic E-state index is 13.2. The van der Waals surface area contributed by atoms with Crippen LogP contribution in [0.4, 0.5) is 8.78 Å². The molecule has 2 nitrogen and oxygen atoms in total. The lowest BCUT2D eigenvalue weighted by Gasteiger charge is -2.09. The van der Waals surface area contributed by atoms with Gasteiger partial charge in [-0.05, 0) is 19.4 Å². The van der Waals surface area contributed by atoms with E-state index in [9.17, 15) is 13.6 Å². The van der Waals surface area contributed by atoms with E-state index in [1.807, 2.05) is 0 Å². The van der Waals surface area contributed by atoms with Crippen molar-refractivity contribution in [3.05, 3.63) is 29.1 Å². The number of carbonyl (C=O) groups is 1. The van der Waals surface area contributed by atoms with Crippen LogP contribution < -0.4 is 0 Å². The summed E-state index contributed by atoms with van der Waals surface area (Å²) in [5.41, 5.74) is 0.593. The van der Waals surface area contributed by atoms with Crippen LogP contribution in [0.2, 0.25) is 0 Å². The first-order chi connectivity index (χ1) is 6.50. The van der Waals surface area contributed by atoms with Gasteiger partial charge in [0.2, 0.25) is 0 Å². The molecule has 74 valence electrons. The van der Waals surface area contributed by atoms with Gasteiger partial charge in [-0.2, -0.15) is 0 Å². The fourth-order valence-electron chi connectivity index (χ4n) is 1.61. The van der Waals surface area contributed by atoms with Crippen molar-refractivity contribution in [2.75, 3.05) is 0 Å². The number of aromatic nitrogens is 1. The van der Waals surface area contributed by atoms with Gasteiger partial charge in [0, 0.05) is 29.4 Å².